The quantitative estimate of drug-likeness (QED) is 0.848. The van der Waals surface area contributed by atoms with Gasteiger partial charge in [-0.25, -0.2) is 0 Å². The SMILES string of the molecule is CCc1ccc(C(C)(C)C(=O)NCC(C)NC)cc1.Cl. The molecule has 0 aliphatic heterocycles. The third-order valence-corrected chi connectivity index (χ3v) is 3.71. The van der Waals surface area contributed by atoms with Crippen molar-refractivity contribution in [1.29, 1.82) is 0 Å². The van der Waals surface area contributed by atoms with Gasteiger partial charge >= 0.3 is 0 Å². The number of carbonyl (C=O) groups is 1. The van der Waals surface area contributed by atoms with E-state index >= 15 is 0 Å². The van der Waals surface area contributed by atoms with Crippen LogP contribution >= 0.6 is 12.4 Å². The highest BCUT2D eigenvalue weighted by atomic mass is 35.5. The summed E-state index contributed by atoms with van der Waals surface area (Å²) in [4.78, 5) is 12.3. The maximum atomic E-state index is 12.3. The Bertz CT molecular complexity index is 415. The van der Waals surface area contributed by atoms with E-state index in [0.29, 0.717) is 6.54 Å². The zero-order valence-corrected chi connectivity index (χ0v) is 13.9. The van der Waals surface area contributed by atoms with Crippen LogP contribution in [-0.2, 0) is 16.6 Å². The summed E-state index contributed by atoms with van der Waals surface area (Å²) in [7, 11) is 1.89. The van der Waals surface area contributed by atoms with Gasteiger partial charge in [0, 0.05) is 12.6 Å². The Hall–Kier alpha value is -1.06. The van der Waals surface area contributed by atoms with E-state index in [4.69, 9.17) is 0 Å². The summed E-state index contributed by atoms with van der Waals surface area (Å²) in [5.41, 5.74) is 1.85. The first-order valence-electron chi connectivity index (χ1n) is 6.96. The molecule has 114 valence electrons. The number of carbonyl (C=O) groups excluding carboxylic acids is 1. The first kappa shape index (κ1) is 18.9. The molecule has 0 aromatic heterocycles. The molecule has 0 saturated carbocycles. The predicted octanol–water partition coefficient (Wildman–Crippen LogP) is 2.67. The first-order chi connectivity index (χ1) is 8.91. The molecule has 0 spiro atoms. The van der Waals surface area contributed by atoms with E-state index in [1.807, 2.05) is 27.8 Å². The normalized spacial score (nSPS) is 12.4. The van der Waals surface area contributed by atoms with Crippen LogP contribution in [0.1, 0.15) is 38.8 Å². The minimum absolute atomic E-state index is 0. The smallest absolute Gasteiger partial charge is 0.230 e. The van der Waals surface area contributed by atoms with Crippen molar-refractivity contribution in [2.24, 2.45) is 0 Å². The molecule has 1 aromatic carbocycles. The van der Waals surface area contributed by atoms with Crippen LogP contribution in [0.3, 0.4) is 0 Å². The van der Waals surface area contributed by atoms with Crippen LogP contribution in [0.2, 0.25) is 0 Å². The lowest BCUT2D eigenvalue weighted by Gasteiger charge is -2.25. The van der Waals surface area contributed by atoms with Crippen LogP contribution in [0.4, 0.5) is 0 Å². The molecule has 0 aliphatic carbocycles. The number of hydrogen-bond donors (Lipinski definition) is 2. The predicted molar refractivity (Wildman–Crippen MR) is 87.6 cm³/mol. The molecule has 0 saturated heterocycles. The summed E-state index contributed by atoms with van der Waals surface area (Å²) in [5.74, 6) is 0.0684. The van der Waals surface area contributed by atoms with Crippen LogP contribution in [-0.4, -0.2) is 25.5 Å². The second-order valence-electron chi connectivity index (χ2n) is 5.58. The molecule has 3 nitrogen and oxygen atoms in total. The Balaban J connectivity index is 0.00000361. The molecule has 2 N–H and O–H groups in total. The number of halogens is 1. The third kappa shape index (κ3) is 4.80. The molecule has 20 heavy (non-hydrogen) atoms. The van der Waals surface area contributed by atoms with E-state index in [9.17, 15) is 4.79 Å². The lowest BCUT2D eigenvalue weighted by Crippen LogP contribution is -2.45. The summed E-state index contributed by atoms with van der Waals surface area (Å²) < 4.78 is 0. The molecule has 0 radical (unpaired) electrons. The number of rotatable bonds is 6. The molecule has 0 aliphatic rings. The van der Waals surface area contributed by atoms with E-state index in [2.05, 4.69) is 41.8 Å². The second kappa shape index (κ2) is 8.28. The number of nitrogens with one attached hydrogen (secondary N) is 2. The third-order valence-electron chi connectivity index (χ3n) is 3.71. The highest BCUT2D eigenvalue weighted by molar-refractivity contribution is 5.87. The Kier molecular flexibility index (Phi) is 7.84. The number of benzene rings is 1. The Morgan fingerprint density at radius 2 is 1.80 bits per heavy atom. The van der Waals surface area contributed by atoms with Crippen molar-refractivity contribution in [3.63, 3.8) is 0 Å². The van der Waals surface area contributed by atoms with Crippen LogP contribution < -0.4 is 10.6 Å². The van der Waals surface area contributed by atoms with E-state index in [1.54, 1.807) is 0 Å². The Morgan fingerprint density at radius 1 is 1.25 bits per heavy atom. The number of aryl methyl sites for hydroxylation is 1. The van der Waals surface area contributed by atoms with Crippen LogP contribution in [0, 0.1) is 0 Å². The molecule has 4 heteroatoms. The fourth-order valence-corrected chi connectivity index (χ4v) is 1.86. The van der Waals surface area contributed by atoms with Crippen molar-refractivity contribution in [2.45, 2.75) is 45.6 Å². The van der Waals surface area contributed by atoms with Gasteiger partial charge in [-0.3, -0.25) is 4.79 Å². The largest absolute Gasteiger partial charge is 0.354 e. The minimum atomic E-state index is -0.500. The van der Waals surface area contributed by atoms with Gasteiger partial charge in [-0.05, 0) is 45.4 Å². The molecule has 1 unspecified atom stereocenters. The van der Waals surface area contributed by atoms with Gasteiger partial charge in [0.25, 0.3) is 0 Å². The molecule has 1 aromatic rings. The first-order valence-corrected chi connectivity index (χ1v) is 6.96. The monoisotopic (exact) mass is 298 g/mol. The zero-order chi connectivity index (χ0) is 14.5. The van der Waals surface area contributed by atoms with Gasteiger partial charge in [0.2, 0.25) is 5.91 Å². The summed E-state index contributed by atoms with van der Waals surface area (Å²) >= 11 is 0. The van der Waals surface area contributed by atoms with Crippen LogP contribution in [0.5, 0.6) is 0 Å². The molecular formula is C16H27ClN2O. The fourth-order valence-electron chi connectivity index (χ4n) is 1.86. The van der Waals surface area contributed by atoms with Gasteiger partial charge in [-0.2, -0.15) is 0 Å². The van der Waals surface area contributed by atoms with Crippen molar-refractivity contribution < 1.29 is 4.79 Å². The van der Waals surface area contributed by atoms with Crippen molar-refractivity contribution in [2.75, 3.05) is 13.6 Å². The zero-order valence-electron chi connectivity index (χ0n) is 13.1. The van der Waals surface area contributed by atoms with Gasteiger partial charge in [-0.15, -0.1) is 12.4 Å². The van der Waals surface area contributed by atoms with Gasteiger partial charge < -0.3 is 10.6 Å². The molecule has 1 amide bonds. The van der Waals surface area contributed by atoms with E-state index < -0.39 is 5.41 Å². The maximum absolute atomic E-state index is 12.3. The summed E-state index contributed by atoms with van der Waals surface area (Å²) in [6.07, 6.45) is 1.02. The average molecular weight is 299 g/mol. The molecule has 1 atom stereocenters. The topological polar surface area (TPSA) is 41.1 Å². The van der Waals surface area contributed by atoms with E-state index in [0.717, 1.165) is 12.0 Å². The van der Waals surface area contributed by atoms with Crippen molar-refractivity contribution in [3.8, 4) is 0 Å². The van der Waals surface area contributed by atoms with E-state index in [1.165, 1.54) is 5.56 Å². The average Bonchev–Trinajstić information content (AvgIpc) is 2.44. The molecular weight excluding hydrogens is 272 g/mol. The lowest BCUT2D eigenvalue weighted by atomic mass is 9.83. The minimum Gasteiger partial charge on any atom is -0.354 e. The van der Waals surface area contributed by atoms with Gasteiger partial charge in [0.15, 0.2) is 0 Å². The number of hydrogen-bond acceptors (Lipinski definition) is 2. The number of amides is 1. The van der Waals surface area contributed by atoms with E-state index in [-0.39, 0.29) is 24.4 Å². The second-order valence-corrected chi connectivity index (χ2v) is 5.58. The van der Waals surface area contributed by atoms with Crippen LogP contribution in [0.25, 0.3) is 0 Å². The summed E-state index contributed by atoms with van der Waals surface area (Å²) in [5, 5.41) is 6.11. The Morgan fingerprint density at radius 3 is 2.25 bits per heavy atom. The van der Waals surface area contributed by atoms with Crippen LogP contribution in [0.15, 0.2) is 24.3 Å². The maximum Gasteiger partial charge on any atom is 0.230 e. The van der Waals surface area contributed by atoms with Crippen molar-refractivity contribution >= 4 is 18.3 Å². The number of likely N-dealkylation sites (N-methyl/N-ethyl adjacent to an activating group) is 1. The molecule has 0 heterocycles. The molecule has 0 fully saturated rings. The summed E-state index contributed by atoms with van der Waals surface area (Å²) in [6, 6.07) is 8.59. The summed E-state index contributed by atoms with van der Waals surface area (Å²) in [6.45, 7) is 8.75. The van der Waals surface area contributed by atoms with Gasteiger partial charge in [0.05, 0.1) is 5.41 Å². The van der Waals surface area contributed by atoms with Gasteiger partial charge in [0.1, 0.15) is 0 Å². The van der Waals surface area contributed by atoms with Crippen molar-refractivity contribution in [1.82, 2.24) is 10.6 Å². The highest BCUT2D eigenvalue weighted by Gasteiger charge is 2.29. The Labute approximate surface area is 128 Å². The van der Waals surface area contributed by atoms with Gasteiger partial charge in [-0.1, -0.05) is 31.2 Å². The molecule has 0 bridgehead atoms. The lowest BCUT2D eigenvalue weighted by molar-refractivity contribution is -0.125. The van der Waals surface area contributed by atoms with Crippen molar-refractivity contribution in [3.05, 3.63) is 35.4 Å². The fraction of sp³-hybridized carbons (Fsp3) is 0.562. The molecule has 1 rings (SSSR count). The highest BCUT2D eigenvalue weighted by Crippen LogP contribution is 2.23. The standard InChI is InChI=1S/C16H26N2O.ClH/c1-6-13-7-9-14(10-8-13)16(3,4)15(19)18-11-12(2)17-5;/h7-10,12,17H,6,11H2,1-5H3,(H,18,19);1H.